The fraction of sp³-hybridized carbons (Fsp3) is 0.250. The van der Waals surface area contributed by atoms with Crippen LogP contribution in [0, 0.1) is 0 Å². The van der Waals surface area contributed by atoms with Crippen LogP contribution in [0.2, 0.25) is 0 Å². The number of nitrogens with zero attached hydrogens (tertiary/aromatic N) is 1. The zero-order chi connectivity index (χ0) is 8.27. The highest BCUT2D eigenvalue weighted by Gasteiger charge is 1.97. The molecule has 0 radical (unpaired) electrons. The second-order valence-electron chi connectivity index (χ2n) is 2.36. The number of aliphatic hydroxyl groups is 1. The molecule has 1 aromatic carbocycles. The Morgan fingerprint density at radius 1 is 1.45 bits per heavy atom. The van der Waals surface area contributed by atoms with Gasteiger partial charge in [0.2, 0.25) is 0 Å². The summed E-state index contributed by atoms with van der Waals surface area (Å²) in [5.41, 5.74) is 0.799. The number of aliphatic hydroxyl groups excluding tert-OH is 1. The monoisotopic (exact) mass is 153 g/mol. The van der Waals surface area contributed by atoms with Gasteiger partial charge in [0.25, 0.3) is 0 Å². The number of hydrogen-bond donors (Lipinski definition) is 2. The van der Waals surface area contributed by atoms with E-state index in [1.54, 1.807) is 30.1 Å². The highest BCUT2D eigenvalue weighted by atomic mass is 16.3. The van der Waals surface area contributed by atoms with Crippen LogP contribution in [0.5, 0.6) is 5.75 Å². The van der Waals surface area contributed by atoms with Gasteiger partial charge < -0.3 is 15.1 Å². The smallest absolute Gasteiger partial charge is 0.117 e. The Hall–Kier alpha value is -1.22. The molecule has 0 unspecified atom stereocenters. The Morgan fingerprint density at radius 3 is 2.73 bits per heavy atom. The minimum Gasteiger partial charge on any atom is -0.508 e. The fourth-order valence-corrected chi connectivity index (χ4v) is 0.812. The van der Waals surface area contributed by atoms with Crippen LogP contribution in [-0.2, 0) is 0 Å². The zero-order valence-corrected chi connectivity index (χ0v) is 6.36. The van der Waals surface area contributed by atoms with E-state index in [0.29, 0.717) is 0 Å². The summed E-state index contributed by atoms with van der Waals surface area (Å²) in [6, 6.07) is 6.73. The van der Waals surface area contributed by atoms with E-state index in [1.165, 1.54) is 0 Å². The Bertz CT molecular complexity index is 237. The number of rotatable bonds is 2. The lowest BCUT2D eigenvalue weighted by atomic mass is 10.3. The van der Waals surface area contributed by atoms with Crippen molar-refractivity contribution < 1.29 is 10.2 Å². The molecule has 0 aliphatic rings. The molecule has 11 heavy (non-hydrogen) atoms. The van der Waals surface area contributed by atoms with Gasteiger partial charge >= 0.3 is 0 Å². The number of anilines is 1. The van der Waals surface area contributed by atoms with Crippen LogP contribution in [-0.4, -0.2) is 24.0 Å². The quantitative estimate of drug-likeness (QED) is 0.617. The molecule has 3 heteroatoms. The summed E-state index contributed by atoms with van der Waals surface area (Å²) in [5.74, 6) is 0.211. The lowest BCUT2D eigenvalue weighted by Crippen LogP contribution is -2.17. The zero-order valence-electron chi connectivity index (χ0n) is 6.36. The highest BCUT2D eigenvalue weighted by molar-refractivity contribution is 5.49. The first-order valence-electron chi connectivity index (χ1n) is 3.35. The topological polar surface area (TPSA) is 43.7 Å². The van der Waals surface area contributed by atoms with Crippen LogP contribution in [0.25, 0.3) is 0 Å². The average Bonchev–Trinajstić information content (AvgIpc) is 2.03. The van der Waals surface area contributed by atoms with Gasteiger partial charge in [0.15, 0.2) is 0 Å². The number of benzene rings is 1. The van der Waals surface area contributed by atoms with Crippen molar-refractivity contribution in [2.45, 2.75) is 0 Å². The molecule has 1 rings (SSSR count). The average molecular weight is 153 g/mol. The maximum absolute atomic E-state index is 9.05. The van der Waals surface area contributed by atoms with Crippen LogP contribution >= 0.6 is 0 Å². The molecule has 3 nitrogen and oxygen atoms in total. The SMILES string of the molecule is CN(CO)c1cccc(O)c1. The first-order valence-corrected chi connectivity index (χ1v) is 3.35. The van der Waals surface area contributed by atoms with Gasteiger partial charge in [-0.15, -0.1) is 0 Å². The van der Waals surface area contributed by atoms with Crippen LogP contribution in [0.4, 0.5) is 5.69 Å². The molecule has 0 aromatic heterocycles. The second kappa shape index (κ2) is 3.25. The van der Waals surface area contributed by atoms with Gasteiger partial charge in [-0.1, -0.05) is 6.07 Å². The minimum atomic E-state index is -0.0521. The van der Waals surface area contributed by atoms with Gasteiger partial charge in [0.05, 0.1) is 0 Å². The summed E-state index contributed by atoms with van der Waals surface area (Å²) in [6.07, 6.45) is 0. The van der Waals surface area contributed by atoms with E-state index in [9.17, 15) is 0 Å². The Balaban J connectivity index is 2.86. The summed E-state index contributed by atoms with van der Waals surface area (Å²) in [5, 5.41) is 17.8. The molecule has 0 bridgehead atoms. The van der Waals surface area contributed by atoms with Gasteiger partial charge in [0, 0.05) is 18.8 Å². The fourth-order valence-electron chi connectivity index (χ4n) is 0.812. The van der Waals surface area contributed by atoms with E-state index >= 15 is 0 Å². The van der Waals surface area contributed by atoms with Crippen molar-refractivity contribution in [3.63, 3.8) is 0 Å². The molecule has 0 saturated carbocycles. The predicted molar refractivity (Wildman–Crippen MR) is 43.6 cm³/mol. The highest BCUT2D eigenvalue weighted by Crippen LogP contribution is 2.17. The summed E-state index contributed by atoms with van der Waals surface area (Å²) in [6.45, 7) is -0.0521. The summed E-state index contributed by atoms with van der Waals surface area (Å²) in [7, 11) is 1.74. The minimum absolute atomic E-state index is 0.0521. The molecule has 0 saturated heterocycles. The van der Waals surface area contributed by atoms with Crippen molar-refractivity contribution in [3.8, 4) is 5.75 Å². The van der Waals surface area contributed by atoms with Crippen LogP contribution in [0.15, 0.2) is 24.3 Å². The van der Waals surface area contributed by atoms with Crippen molar-refractivity contribution in [2.75, 3.05) is 18.7 Å². The maximum Gasteiger partial charge on any atom is 0.117 e. The molecule has 0 amide bonds. The largest absolute Gasteiger partial charge is 0.508 e. The third-order valence-electron chi connectivity index (χ3n) is 1.48. The summed E-state index contributed by atoms with van der Waals surface area (Å²) >= 11 is 0. The Kier molecular flexibility index (Phi) is 2.33. The standard InChI is InChI=1S/C8H11NO2/c1-9(6-10)7-3-2-4-8(11)5-7/h2-5,10-11H,6H2,1H3. The normalized spacial score (nSPS) is 9.64. The van der Waals surface area contributed by atoms with E-state index < -0.39 is 0 Å². The van der Waals surface area contributed by atoms with Crippen molar-refractivity contribution in [1.82, 2.24) is 0 Å². The molecule has 0 atom stereocenters. The Labute approximate surface area is 65.5 Å². The molecule has 2 N–H and O–H groups in total. The van der Waals surface area contributed by atoms with Gasteiger partial charge in [-0.2, -0.15) is 0 Å². The van der Waals surface area contributed by atoms with E-state index in [0.717, 1.165) is 5.69 Å². The first-order chi connectivity index (χ1) is 5.24. The van der Waals surface area contributed by atoms with Crippen molar-refractivity contribution >= 4 is 5.69 Å². The Morgan fingerprint density at radius 2 is 2.18 bits per heavy atom. The van der Waals surface area contributed by atoms with E-state index in [4.69, 9.17) is 10.2 Å². The molecule has 0 spiro atoms. The van der Waals surface area contributed by atoms with Crippen LogP contribution in [0.1, 0.15) is 0 Å². The first kappa shape index (κ1) is 7.88. The number of phenols is 1. The van der Waals surface area contributed by atoms with Gasteiger partial charge in [-0.05, 0) is 12.1 Å². The third-order valence-corrected chi connectivity index (χ3v) is 1.48. The van der Waals surface area contributed by atoms with Crippen molar-refractivity contribution in [3.05, 3.63) is 24.3 Å². The van der Waals surface area contributed by atoms with E-state index in [2.05, 4.69) is 0 Å². The number of aromatic hydroxyl groups is 1. The van der Waals surface area contributed by atoms with E-state index in [-0.39, 0.29) is 12.5 Å². The van der Waals surface area contributed by atoms with Crippen LogP contribution in [0.3, 0.4) is 0 Å². The van der Waals surface area contributed by atoms with E-state index in [1.807, 2.05) is 6.07 Å². The number of phenolic OH excluding ortho intramolecular Hbond substituents is 1. The number of hydrogen-bond acceptors (Lipinski definition) is 3. The molecule has 0 fully saturated rings. The maximum atomic E-state index is 9.05. The van der Waals surface area contributed by atoms with Crippen LogP contribution < -0.4 is 4.90 Å². The molecule has 0 aliphatic heterocycles. The van der Waals surface area contributed by atoms with Gasteiger partial charge in [0.1, 0.15) is 12.5 Å². The molecular weight excluding hydrogens is 142 g/mol. The molecular formula is C8H11NO2. The van der Waals surface area contributed by atoms with Gasteiger partial charge in [-0.3, -0.25) is 0 Å². The molecule has 0 aliphatic carbocycles. The van der Waals surface area contributed by atoms with Crippen molar-refractivity contribution in [1.29, 1.82) is 0 Å². The van der Waals surface area contributed by atoms with Crippen molar-refractivity contribution in [2.24, 2.45) is 0 Å². The molecule has 1 aromatic rings. The predicted octanol–water partition coefficient (Wildman–Crippen LogP) is 0.778. The molecule has 0 heterocycles. The second-order valence-corrected chi connectivity index (χ2v) is 2.36. The lowest BCUT2D eigenvalue weighted by Gasteiger charge is -2.15. The summed E-state index contributed by atoms with van der Waals surface area (Å²) < 4.78 is 0. The molecule has 60 valence electrons. The third kappa shape index (κ3) is 1.85. The van der Waals surface area contributed by atoms with Gasteiger partial charge in [-0.25, -0.2) is 0 Å². The lowest BCUT2D eigenvalue weighted by molar-refractivity contribution is 0.298. The summed E-state index contributed by atoms with van der Waals surface area (Å²) in [4.78, 5) is 1.62.